The fourth-order valence-corrected chi connectivity index (χ4v) is 9.35. The third-order valence-corrected chi connectivity index (χ3v) is 11.3. The second-order valence-corrected chi connectivity index (χ2v) is 13.5. The maximum absolute atomic E-state index is 5.29. The van der Waals surface area contributed by atoms with E-state index in [0.29, 0.717) is 5.95 Å². The van der Waals surface area contributed by atoms with Crippen LogP contribution in [-0.4, -0.2) is 14.5 Å². The lowest BCUT2D eigenvalue weighted by Crippen LogP contribution is -2.01. The highest BCUT2D eigenvalue weighted by Crippen LogP contribution is 2.44. The van der Waals surface area contributed by atoms with Crippen LogP contribution in [0.25, 0.3) is 90.5 Å². The van der Waals surface area contributed by atoms with Crippen molar-refractivity contribution in [2.75, 3.05) is 0 Å². The predicted octanol–water partition coefficient (Wildman–Crippen LogP) is 11.6. The lowest BCUT2D eigenvalue weighted by Gasteiger charge is -2.09. The smallest absolute Gasteiger partial charge is 0.235 e. The second-order valence-electron chi connectivity index (χ2n) is 11.4. The van der Waals surface area contributed by atoms with Crippen LogP contribution in [0.4, 0.5) is 0 Å². The maximum atomic E-state index is 5.29. The van der Waals surface area contributed by atoms with Gasteiger partial charge in [-0.05, 0) is 41.5 Å². The van der Waals surface area contributed by atoms with Crippen molar-refractivity contribution in [3.05, 3.63) is 140 Å². The van der Waals surface area contributed by atoms with Crippen LogP contribution in [0.2, 0.25) is 0 Å². The standard InChI is InChI=1S/C40H23N3S2/c1-2-9-24(10-3-1)25-17-18-31-34(23-25)43(33-20-19-29-27-12-5-7-16-36(27)45-39(29)37(31)33)40-41-22-21-32(42-40)30-14-8-13-28-26-11-4-6-15-35(26)44-38(28)30/h1-23H. The van der Waals surface area contributed by atoms with Crippen molar-refractivity contribution in [2.24, 2.45) is 0 Å². The number of benzene rings is 6. The van der Waals surface area contributed by atoms with Crippen LogP contribution in [0.1, 0.15) is 0 Å². The number of hydrogen-bond acceptors (Lipinski definition) is 4. The summed E-state index contributed by atoms with van der Waals surface area (Å²) in [5, 5.41) is 7.62. The molecule has 6 aromatic carbocycles. The minimum absolute atomic E-state index is 0.677. The van der Waals surface area contributed by atoms with Gasteiger partial charge in [-0.25, -0.2) is 9.97 Å². The Morgan fingerprint density at radius 1 is 0.489 bits per heavy atom. The number of rotatable bonds is 3. The molecule has 5 heteroatoms. The molecule has 10 rings (SSSR count). The first-order valence-electron chi connectivity index (χ1n) is 15.0. The molecule has 0 saturated carbocycles. The van der Waals surface area contributed by atoms with Crippen molar-refractivity contribution < 1.29 is 0 Å². The molecule has 4 heterocycles. The second kappa shape index (κ2) is 9.57. The van der Waals surface area contributed by atoms with Crippen molar-refractivity contribution in [3.8, 4) is 28.3 Å². The molecule has 4 aromatic heterocycles. The Labute approximate surface area is 266 Å². The molecule has 0 fully saturated rings. The topological polar surface area (TPSA) is 30.7 Å². The maximum Gasteiger partial charge on any atom is 0.235 e. The average Bonchev–Trinajstić information content (AvgIpc) is 3.77. The zero-order chi connectivity index (χ0) is 29.5. The van der Waals surface area contributed by atoms with Gasteiger partial charge >= 0.3 is 0 Å². The molecule has 0 saturated heterocycles. The van der Waals surface area contributed by atoms with E-state index < -0.39 is 0 Å². The zero-order valence-electron chi connectivity index (χ0n) is 23.9. The summed E-state index contributed by atoms with van der Waals surface area (Å²) >= 11 is 3.69. The summed E-state index contributed by atoms with van der Waals surface area (Å²) in [4.78, 5) is 10.2. The van der Waals surface area contributed by atoms with E-state index in [1.165, 1.54) is 62.2 Å². The van der Waals surface area contributed by atoms with E-state index in [1.807, 2.05) is 34.9 Å². The molecular formula is C40H23N3S2. The van der Waals surface area contributed by atoms with Crippen molar-refractivity contribution in [3.63, 3.8) is 0 Å². The van der Waals surface area contributed by atoms with E-state index in [4.69, 9.17) is 9.97 Å². The molecule has 0 spiro atoms. The summed E-state index contributed by atoms with van der Waals surface area (Å²) in [6.07, 6.45) is 1.90. The molecule has 0 aliphatic heterocycles. The molecule has 0 unspecified atom stereocenters. The van der Waals surface area contributed by atoms with Crippen molar-refractivity contribution >= 4 is 84.8 Å². The Hall–Kier alpha value is -5.36. The predicted molar refractivity (Wildman–Crippen MR) is 193 cm³/mol. The largest absolute Gasteiger partial charge is 0.278 e. The Bertz CT molecular complexity index is 2770. The van der Waals surface area contributed by atoms with Gasteiger partial charge in [0.25, 0.3) is 0 Å². The minimum Gasteiger partial charge on any atom is -0.278 e. The first-order valence-corrected chi connectivity index (χ1v) is 16.6. The highest BCUT2D eigenvalue weighted by Gasteiger charge is 2.20. The van der Waals surface area contributed by atoms with Gasteiger partial charge in [0.1, 0.15) is 0 Å². The number of aromatic nitrogens is 3. The lowest BCUT2D eigenvalue weighted by atomic mass is 10.0. The molecule has 45 heavy (non-hydrogen) atoms. The third kappa shape index (κ3) is 3.69. The molecule has 0 N–H and O–H groups in total. The van der Waals surface area contributed by atoms with Gasteiger partial charge < -0.3 is 0 Å². The number of thiophene rings is 2. The van der Waals surface area contributed by atoms with E-state index in [9.17, 15) is 0 Å². The first-order chi connectivity index (χ1) is 22.3. The molecule has 210 valence electrons. The summed E-state index contributed by atoms with van der Waals surface area (Å²) in [7, 11) is 0. The Kier molecular flexibility index (Phi) is 5.32. The summed E-state index contributed by atoms with van der Waals surface area (Å²) in [6.45, 7) is 0. The van der Waals surface area contributed by atoms with Gasteiger partial charge in [0.15, 0.2) is 0 Å². The van der Waals surface area contributed by atoms with Gasteiger partial charge in [0.2, 0.25) is 5.95 Å². The van der Waals surface area contributed by atoms with Crippen LogP contribution in [0.3, 0.4) is 0 Å². The molecule has 10 aromatic rings. The molecule has 3 nitrogen and oxygen atoms in total. The Morgan fingerprint density at radius 3 is 2.00 bits per heavy atom. The SMILES string of the molecule is c1ccc(-c2ccc3c4c5sc6ccccc6c5ccc4n(-c4nccc(-c5cccc6c5sc5ccccc56)n4)c3c2)cc1. The van der Waals surface area contributed by atoms with Gasteiger partial charge in [-0.3, -0.25) is 4.57 Å². The Morgan fingerprint density at radius 2 is 1.18 bits per heavy atom. The monoisotopic (exact) mass is 609 g/mol. The van der Waals surface area contributed by atoms with E-state index in [2.05, 4.69) is 132 Å². The van der Waals surface area contributed by atoms with Crippen molar-refractivity contribution in [2.45, 2.75) is 0 Å². The van der Waals surface area contributed by atoms with Gasteiger partial charge in [0.05, 0.1) is 16.7 Å². The van der Waals surface area contributed by atoms with Gasteiger partial charge in [0, 0.05) is 62.9 Å². The van der Waals surface area contributed by atoms with Crippen LogP contribution in [0, 0.1) is 0 Å². The number of fused-ring (bicyclic) bond motifs is 10. The fourth-order valence-electron chi connectivity index (χ4n) is 6.86. The zero-order valence-corrected chi connectivity index (χ0v) is 25.6. The Balaban J connectivity index is 1.27. The molecule has 0 bridgehead atoms. The molecular weight excluding hydrogens is 587 g/mol. The van der Waals surface area contributed by atoms with Crippen LogP contribution in [-0.2, 0) is 0 Å². The third-order valence-electron chi connectivity index (χ3n) is 8.90. The highest BCUT2D eigenvalue weighted by atomic mass is 32.1. The van der Waals surface area contributed by atoms with Crippen molar-refractivity contribution in [1.29, 1.82) is 0 Å². The molecule has 0 radical (unpaired) electrons. The quantitative estimate of drug-likeness (QED) is 0.199. The van der Waals surface area contributed by atoms with E-state index in [1.54, 1.807) is 0 Å². The number of hydrogen-bond donors (Lipinski definition) is 0. The van der Waals surface area contributed by atoms with Crippen LogP contribution >= 0.6 is 22.7 Å². The van der Waals surface area contributed by atoms with Crippen molar-refractivity contribution in [1.82, 2.24) is 14.5 Å². The minimum atomic E-state index is 0.677. The van der Waals surface area contributed by atoms with Crippen LogP contribution in [0.5, 0.6) is 0 Å². The molecule has 0 aliphatic carbocycles. The van der Waals surface area contributed by atoms with Crippen LogP contribution in [0.15, 0.2) is 140 Å². The number of nitrogens with zero attached hydrogens (tertiary/aromatic N) is 3. The van der Waals surface area contributed by atoms with Gasteiger partial charge in [-0.15, -0.1) is 22.7 Å². The normalized spacial score (nSPS) is 12.0. The molecule has 0 atom stereocenters. The van der Waals surface area contributed by atoms with Gasteiger partial charge in [-0.1, -0.05) is 103 Å². The average molecular weight is 610 g/mol. The van der Waals surface area contributed by atoms with E-state index in [0.717, 1.165) is 22.3 Å². The van der Waals surface area contributed by atoms with E-state index in [-0.39, 0.29) is 0 Å². The first kappa shape index (κ1) is 25.0. The summed E-state index contributed by atoms with van der Waals surface area (Å²) in [6, 6.07) is 47.9. The van der Waals surface area contributed by atoms with Crippen LogP contribution < -0.4 is 0 Å². The molecule has 0 aliphatic rings. The summed E-state index contributed by atoms with van der Waals surface area (Å²) < 4.78 is 7.41. The lowest BCUT2D eigenvalue weighted by molar-refractivity contribution is 0.993. The van der Waals surface area contributed by atoms with E-state index >= 15 is 0 Å². The van der Waals surface area contributed by atoms with Gasteiger partial charge in [-0.2, -0.15) is 0 Å². The molecule has 0 amide bonds. The summed E-state index contributed by atoms with van der Waals surface area (Å²) in [5.41, 5.74) is 6.64. The highest BCUT2D eigenvalue weighted by molar-refractivity contribution is 7.27. The summed E-state index contributed by atoms with van der Waals surface area (Å²) in [5.74, 6) is 0.677. The fraction of sp³-hybridized carbons (Fsp3) is 0.